The van der Waals surface area contributed by atoms with Crippen LogP contribution in [0.5, 0.6) is 11.5 Å². The Kier molecular flexibility index (Phi) is 5.48. The van der Waals surface area contributed by atoms with Crippen LogP contribution in [0.3, 0.4) is 0 Å². The van der Waals surface area contributed by atoms with Crippen LogP contribution in [-0.2, 0) is 9.59 Å². The Balaban J connectivity index is 1.97. The Labute approximate surface area is 185 Å². The summed E-state index contributed by atoms with van der Waals surface area (Å²) in [6, 6.07) is 12.8. The van der Waals surface area contributed by atoms with Crippen molar-refractivity contribution in [3.05, 3.63) is 82.8 Å². The van der Waals surface area contributed by atoms with E-state index in [-0.39, 0.29) is 16.9 Å². The zero-order valence-electron chi connectivity index (χ0n) is 18.2. The molecule has 3 aromatic rings. The minimum atomic E-state index is -0.933. The van der Waals surface area contributed by atoms with Crippen LogP contribution in [0.4, 0.5) is 5.69 Å². The Hall–Kier alpha value is -4.00. The Morgan fingerprint density at radius 1 is 1.03 bits per heavy atom. The molecule has 1 aromatic heterocycles. The number of aliphatic hydroxyl groups excluding tert-OH is 1. The average Bonchev–Trinajstić information content (AvgIpc) is 3.42. The van der Waals surface area contributed by atoms with Crippen LogP contribution in [0.1, 0.15) is 28.5 Å². The van der Waals surface area contributed by atoms with Gasteiger partial charge in [0, 0.05) is 11.8 Å². The number of carbonyl (C=O) groups is 2. The first kappa shape index (κ1) is 21.2. The molecule has 0 saturated carbocycles. The van der Waals surface area contributed by atoms with E-state index in [2.05, 4.69) is 0 Å². The van der Waals surface area contributed by atoms with Crippen molar-refractivity contribution in [3.63, 3.8) is 0 Å². The number of furan rings is 1. The quantitative estimate of drug-likeness (QED) is 0.361. The highest BCUT2D eigenvalue weighted by Crippen LogP contribution is 2.44. The van der Waals surface area contributed by atoms with Gasteiger partial charge in [0.25, 0.3) is 11.7 Å². The second-order valence-electron chi connectivity index (χ2n) is 7.47. The van der Waals surface area contributed by atoms with Gasteiger partial charge in [-0.25, -0.2) is 0 Å². The van der Waals surface area contributed by atoms with E-state index >= 15 is 0 Å². The van der Waals surface area contributed by atoms with Gasteiger partial charge < -0.3 is 19.0 Å². The number of Topliss-reactive ketones (excluding diaryl/α,β-unsaturated/α-hetero) is 1. The highest BCUT2D eigenvalue weighted by molar-refractivity contribution is 6.51. The topological polar surface area (TPSA) is 89.2 Å². The molecule has 0 spiro atoms. The van der Waals surface area contributed by atoms with E-state index in [4.69, 9.17) is 13.9 Å². The summed E-state index contributed by atoms with van der Waals surface area (Å²) in [5.74, 6) is -0.706. The number of carbonyl (C=O) groups excluding carboxylic acids is 2. The fourth-order valence-electron chi connectivity index (χ4n) is 3.93. The smallest absolute Gasteiger partial charge is 0.300 e. The lowest BCUT2D eigenvalue weighted by atomic mass is 9.98. The molecule has 7 heteroatoms. The predicted octanol–water partition coefficient (Wildman–Crippen LogP) is 4.54. The van der Waals surface area contributed by atoms with Crippen molar-refractivity contribution in [2.45, 2.75) is 19.9 Å². The molecule has 1 atom stereocenters. The third-order valence-electron chi connectivity index (χ3n) is 5.76. The van der Waals surface area contributed by atoms with Crippen LogP contribution in [0.15, 0.2) is 64.8 Å². The van der Waals surface area contributed by atoms with Gasteiger partial charge in [-0.1, -0.05) is 12.1 Å². The van der Waals surface area contributed by atoms with E-state index in [1.165, 1.54) is 25.4 Å². The first-order valence-electron chi connectivity index (χ1n) is 10.0. The van der Waals surface area contributed by atoms with E-state index in [1.807, 2.05) is 26.0 Å². The van der Waals surface area contributed by atoms with Crippen LogP contribution >= 0.6 is 0 Å². The average molecular weight is 433 g/mol. The van der Waals surface area contributed by atoms with E-state index in [0.717, 1.165) is 11.1 Å². The molecule has 1 unspecified atom stereocenters. The van der Waals surface area contributed by atoms with Crippen LogP contribution in [0, 0.1) is 13.8 Å². The molecular formula is C25H23NO6. The lowest BCUT2D eigenvalue weighted by Gasteiger charge is -2.25. The molecule has 0 bridgehead atoms. The first-order valence-corrected chi connectivity index (χ1v) is 10.0. The fourth-order valence-corrected chi connectivity index (χ4v) is 3.93. The van der Waals surface area contributed by atoms with Gasteiger partial charge in [-0.2, -0.15) is 0 Å². The first-order chi connectivity index (χ1) is 15.4. The number of methoxy groups -OCH3 is 2. The van der Waals surface area contributed by atoms with E-state index in [1.54, 1.807) is 36.4 Å². The number of hydrogen-bond acceptors (Lipinski definition) is 6. The molecule has 0 radical (unpaired) electrons. The molecule has 1 amide bonds. The van der Waals surface area contributed by atoms with Gasteiger partial charge in [0.2, 0.25) is 0 Å². The normalized spacial score (nSPS) is 17.6. The Bertz CT molecular complexity index is 1230. The van der Waals surface area contributed by atoms with Crippen molar-refractivity contribution < 1.29 is 28.6 Å². The van der Waals surface area contributed by atoms with Crippen molar-refractivity contribution in [3.8, 4) is 11.5 Å². The summed E-state index contributed by atoms with van der Waals surface area (Å²) in [7, 11) is 2.96. The molecule has 1 aliphatic rings. The number of amides is 1. The van der Waals surface area contributed by atoms with Crippen LogP contribution < -0.4 is 14.4 Å². The SMILES string of the molecule is COc1ccc(/C(O)=C2/C(=O)C(=O)N(c3cccc(C)c3C)C2c2ccco2)c(OC)c1. The summed E-state index contributed by atoms with van der Waals surface area (Å²) < 4.78 is 16.2. The summed E-state index contributed by atoms with van der Waals surface area (Å²) in [4.78, 5) is 27.8. The van der Waals surface area contributed by atoms with Gasteiger partial charge in [0.1, 0.15) is 29.1 Å². The second-order valence-corrected chi connectivity index (χ2v) is 7.47. The second kappa shape index (κ2) is 8.26. The van der Waals surface area contributed by atoms with Crippen molar-refractivity contribution >= 4 is 23.1 Å². The maximum absolute atomic E-state index is 13.2. The summed E-state index contributed by atoms with van der Waals surface area (Å²) >= 11 is 0. The van der Waals surface area contributed by atoms with E-state index in [0.29, 0.717) is 22.9 Å². The number of aliphatic hydroxyl groups is 1. The molecule has 164 valence electrons. The predicted molar refractivity (Wildman–Crippen MR) is 119 cm³/mol. The van der Waals surface area contributed by atoms with Crippen LogP contribution in [-0.4, -0.2) is 31.0 Å². The van der Waals surface area contributed by atoms with Crippen LogP contribution in [0.2, 0.25) is 0 Å². The van der Waals surface area contributed by atoms with Gasteiger partial charge in [-0.05, 0) is 55.3 Å². The van der Waals surface area contributed by atoms with Gasteiger partial charge in [0.05, 0.1) is 31.6 Å². The Morgan fingerprint density at radius 3 is 2.47 bits per heavy atom. The molecule has 2 aromatic carbocycles. The third-order valence-corrected chi connectivity index (χ3v) is 5.76. The fraction of sp³-hybridized carbons (Fsp3) is 0.200. The molecule has 7 nitrogen and oxygen atoms in total. The van der Waals surface area contributed by atoms with Crippen molar-refractivity contribution in [2.75, 3.05) is 19.1 Å². The molecule has 1 aliphatic heterocycles. The highest BCUT2D eigenvalue weighted by atomic mass is 16.5. The lowest BCUT2D eigenvalue weighted by Crippen LogP contribution is -2.30. The van der Waals surface area contributed by atoms with Gasteiger partial charge >= 0.3 is 0 Å². The number of anilines is 1. The van der Waals surface area contributed by atoms with Gasteiger partial charge in [0.15, 0.2) is 0 Å². The summed E-state index contributed by atoms with van der Waals surface area (Å²) in [5, 5.41) is 11.3. The van der Waals surface area contributed by atoms with E-state index in [9.17, 15) is 14.7 Å². The largest absolute Gasteiger partial charge is 0.507 e. The highest BCUT2D eigenvalue weighted by Gasteiger charge is 2.49. The zero-order valence-corrected chi connectivity index (χ0v) is 18.2. The molecule has 4 rings (SSSR count). The maximum Gasteiger partial charge on any atom is 0.300 e. The summed E-state index contributed by atoms with van der Waals surface area (Å²) in [6.07, 6.45) is 1.46. The summed E-state index contributed by atoms with van der Waals surface area (Å²) in [5.41, 5.74) is 2.60. The number of hydrogen-bond donors (Lipinski definition) is 1. The van der Waals surface area contributed by atoms with Crippen LogP contribution in [0.25, 0.3) is 5.76 Å². The van der Waals surface area contributed by atoms with Crippen molar-refractivity contribution in [1.29, 1.82) is 0 Å². The number of benzene rings is 2. The van der Waals surface area contributed by atoms with Gasteiger partial charge in [-0.3, -0.25) is 14.5 Å². The maximum atomic E-state index is 13.2. The molecule has 2 heterocycles. The number of ketones is 1. The number of ether oxygens (including phenoxy) is 2. The third kappa shape index (κ3) is 3.32. The molecule has 1 saturated heterocycles. The molecule has 1 fully saturated rings. The van der Waals surface area contributed by atoms with Crippen molar-refractivity contribution in [2.24, 2.45) is 0 Å². The Morgan fingerprint density at radius 2 is 1.81 bits per heavy atom. The number of aryl methyl sites for hydroxylation is 1. The van der Waals surface area contributed by atoms with E-state index < -0.39 is 17.7 Å². The molecule has 0 aliphatic carbocycles. The number of rotatable bonds is 5. The van der Waals surface area contributed by atoms with Gasteiger partial charge in [-0.15, -0.1) is 0 Å². The van der Waals surface area contributed by atoms with Crippen molar-refractivity contribution in [1.82, 2.24) is 0 Å². The standard InChI is InChI=1S/C25H23NO6/c1-14-7-5-8-18(15(14)2)26-22(19-9-6-12-32-19)21(24(28)25(26)29)23(27)17-11-10-16(30-3)13-20(17)31-4/h5-13,22,27H,1-4H3/b23-21-. The molecule has 1 N–H and O–H groups in total. The molecule has 32 heavy (non-hydrogen) atoms. The zero-order chi connectivity index (χ0) is 23.0. The monoisotopic (exact) mass is 433 g/mol. The lowest BCUT2D eigenvalue weighted by molar-refractivity contribution is -0.132. The summed E-state index contributed by atoms with van der Waals surface area (Å²) in [6.45, 7) is 3.81. The molecular weight excluding hydrogens is 410 g/mol. The minimum Gasteiger partial charge on any atom is -0.507 e. The minimum absolute atomic E-state index is 0.0747. The number of nitrogens with zero attached hydrogens (tertiary/aromatic N) is 1.